The SMILES string of the molecule is COCc1cnc(CC(=O)C(Cc2ccc(F)cc2)c2ccc(S(C)(=O)=O)cc2)cn1. The number of sulfone groups is 1. The fraction of sp³-hybridized carbons (Fsp3) is 0.261. The highest BCUT2D eigenvalue weighted by atomic mass is 32.2. The van der Waals surface area contributed by atoms with Crippen molar-refractivity contribution in [2.24, 2.45) is 0 Å². The zero-order chi connectivity index (χ0) is 22.4. The first-order valence-corrected chi connectivity index (χ1v) is 11.5. The highest BCUT2D eigenvalue weighted by Crippen LogP contribution is 2.25. The molecule has 1 heterocycles. The molecule has 2 aromatic carbocycles. The second-order valence-electron chi connectivity index (χ2n) is 7.30. The van der Waals surface area contributed by atoms with Gasteiger partial charge in [0.2, 0.25) is 0 Å². The minimum atomic E-state index is -3.34. The number of methoxy groups -OCH3 is 1. The van der Waals surface area contributed by atoms with E-state index in [9.17, 15) is 17.6 Å². The van der Waals surface area contributed by atoms with Gasteiger partial charge in [-0.2, -0.15) is 0 Å². The van der Waals surface area contributed by atoms with Crippen molar-refractivity contribution in [2.45, 2.75) is 30.3 Å². The molecule has 0 spiro atoms. The first-order valence-electron chi connectivity index (χ1n) is 9.62. The minimum Gasteiger partial charge on any atom is -0.378 e. The Bertz CT molecular complexity index is 1130. The monoisotopic (exact) mass is 442 g/mol. The smallest absolute Gasteiger partial charge is 0.175 e. The van der Waals surface area contributed by atoms with Crippen LogP contribution in [0.4, 0.5) is 4.39 Å². The highest BCUT2D eigenvalue weighted by molar-refractivity contribution is 7.90. The molecule has 0 aliphatic heterocycles. The number of hydrogen-bond donors (Lipinski definition) is 0. The van der Waals surface area contributed by atoms with Gasteiger partial charge in [0.1, 0.15) is 11.6 Å². The van der Waals surface area contributed by atoms with Gasteiger partial charge in [-0.05, 0) is 41.8 Å². The van der Waals surface area contributed by atoms with Gasteiger partial charge in [0.05, 0.1) is 35.5 Å². The van der Waals surface area contributed by atoms with Gasteiger partial charge in [-0.15, -0.1) is 0 Å². The molecular weight excluding hydrogens is 419 g/mol. The van der Waals surface area contributed by atoms with Crippen LogP contribution in [0, 0.1) is 5.82 Å². The Labute approximate surface area is 181 Å². The van der Waals surface area contributed by atoms with Gasteiger partial charge in [-0.3, -0.25) is 14.8 Å². The molecule has 6 nitrogen and oxygen atoms in total. The molecule has 0 saturated heterocycles. The lowest BCUT2D eigenvalue weighted by Gasteiger charge is -2.17. The van der Waals surface area contributed by atoms with Crippen LogP contribution in [0.5, 0.6) is 0 Å². The van der Waals surface area contributed by atoms with Crippen molar-refractivity contribution in [2.75, 3.05) is 13.4 Å². The maximum Gasteiger partial charge on any atom is 0.175 e. The third-order valence-corrected chi connectivity index (χ3v) is 5.99. The Morgan fingerprint density at radius 1 is 1.00 bits per heavy atom. The summed E-state index contributed by atoms with van der Waals surface area (Å²) in [5, 5.41) is 0. The summed E-state index contributed by atoms with van der Waals surface area (Å²) in [5.41, 5.74) is 2.68. The highest BCUT2D eigenvalue weighted by Gasteiger charge is 2.23. The van der Waals surface area contributed by atoms with Gasteiger partial charge in [0.25, 0.3) is 0 Å². The van der Waals surface area contributed by atoms with Crippen LogP contribution in [0.25, 0.3) is 0 Å². The number of halogens is 1. The number of hydrogen-bond acceptors (Lipinski definition) is 6. The molecule has 0 saturated carbocycles. The second kappa shape index (κ2) is 9.89. The topological polar surface area (TPSA) is 86.2 Å². The summed E-state index contributed by atoms with van der Waals surface area (Å²) in [6.07, 6.45) is 4.68. The number of ketones is 1. The summed E-state index contributed by atoms with van der Waals surface area (Å²) in [7, 11) is -1.78. The van der Waals surface area contributed by atoms with Crippen molar-refractivity contribution >= 4 is 15.6 Å². The number of Topliss-reactive ketones (excluding diaryl/α,β-unsaturated/α-hetero) is 1. The summed E-state index contributed by atoms with van der Waals surface area (Å²) in [6, 6.07) is 12.3. The molecule has 0 aliphatic carbocycles. The minimum absolute atomic E-state index is 0.0694. The predicted molar refractivity (Wildman–Crippen MR) is 114 cm³/mol. The lowest BCUT2D eigenvalue weighted by molar-refractivity contribution is -0.119. The van der Waals surface area contributed by atoms with Crippen molar-refractivity contribution in [3.63, 3.8) is 0 Å². The van der Waals surface area contributed by atoms with Gasteiger partial charge in [-0.25, -0.2) is 12.8 Å². The molecular formula is C23H23FN2O4S. The normalized spacial score (nSPS) is 12.5. The molecule has 0 fully saturated rings. The number of carbonyl (C=O) groups excluding carboxylic acids is 1. The van der Waals surface area contributed by atoms with Gasteiger partial charge in [0.15, 0.2) is 9.84 Å². The fourth-order valence-electron chi connectivity index (χ4n) is 3.22. The Kier molecular flexibility index (Phi) is 7.25. The van der Waals surface area contributed by atoms with E-state index < -0.39 is 15.8 Å². The van der Waals surface area contributed by atoms with E-state index in [4.69, 9.17) is 4.74 Å². The van der Waals surface area contributed by atoms with E-state index in [1.807, 2.05) is 0 Å². The van der Waals surface area contributed by atoms with Gasteiger partial charge in [-0.1, -0.05) is 24.3 Å². The standard InChI is InChI=1S/C23H23FN2O4S/c1-30-15-20-14-25-19(13-26-20)12-23(27)22(11-16-3-7-18(24)8-4-16)17-5-9-21(10-6-17)31(2,28)29/h3-10,13-14,22H,11-12,15H2,1-2H3. The summed E-state index contributed by atoms with van der Waals surface area (Å²) in [4.78, 5) is 21.9. The van der Waals surface area contributed by atoms with Crippen LogP contribution in [0.15, 0.2) is 65.8 Å². The van der Waals surface area contributed by atoms with Crippen LogP contribution in [-0.2, 0) is 38.8 Å². The lowest BCUT2D eigenvalue weighted by Crippen LogP contribution is -2.18. The number of benzene rings is 2. The molecule has 0 N–H and O–H groups in total. The third-order valence-electron chi connectivity index (χ3n) is 4.86. The number of ether oxygens (including phenoxy) is 1. The van der Waals surface area contributed by atoms with E-state index in [0.29, 0.717) is 30.0 Å². The van der Waals surface area contributed by atoms with Crippen molar-refractivity contribution < 1.29 is 22.3 Å². The molecule has 0 aliphatic rings. The van der Waals surface area contributed by atoms with Crippen LogP contribution < -0.4 is 0 Å². The first kappa shape index (κ1) is 22.7. The molecule has 8 heteroatoms. The van der Waals surface area contributed by atoms with Crippen molar-refractivity contribution in [1.29, 1.82) is 0 Å². The number of rotatable bonds is 9. The molecule has 3 aromatic rings. The predicted octanol–water partition coefficient (Wildman–Crippen LogP) is 3.30. The summed E-state index contributed by atoms with van der Waals surface area (Å²) in [6.45, 7) is 0.334. The van der Waals surface area contributed by atoms with Crippen molar-refractivity contribution in [1.82, 2.24) is 9.97 Å². The maximum absolute atomic E-state index is 13.3. The Morgan fingerprint density at radius 3 is 2.16 bits per heavy atom. The molecule has 162 valence electrons. The fourth-order valence-corrected chi connectivity index (χ4v) is 3.85. The summed E-state index contributed by atoms with van der Waals surface area (Å²) in [5.74, 6) is -0.986. The van der Waals surface area contributed by atoms with E-state index in [1.54, 1.807) is 43.8 Å². The van der Waals surface area contributed by atoms with Gasteiger partial charge < -0.3 is 4.74 Å². The van der Waals surface area contributed by atoms with Crippen molar-refractivity contribution in [3.8, 4) is 0 Å². The van der Waals surface area contributed by atoms with E-state index in [1.165, 1.54) is 24.3 Å². The van der Waals surface area contributed by atoms with Crippen molar-refractivity contribution in [3.05, 3.63) is 89.3 Å². The number of aromatic nitrogens is 2. The number of carbonyl (C=O) groups is 1. The maximum atomic E-state index is 13.3. The molecule has 0 bridgehead atoms. The molecule has 1 aromatic heterocycles. The zero-order valence-electron chi connectivity index (χ0n) is 17.3. The summed E-state index contributed by atoms with van der Waals surface area (Å²) < 4.78 is 41.8. The zero-order valence-corrected chi connectivity index (χ0v) is 18.1. The second-order valence-corrected chi connectivity index (χ2v) is 9.32. The molecule has 31 heavy (non-hydrogen) atoms. The van der Waals surface area contributed by atoms with Crippen LogP contribution in [0.2, 0.25) is 0 Å². The molecule has 0 radical (unpaired) electrons. The average molecular weight is 443 g/mol. The Balaban J connectivity index is 1.87. The largest absolute Gasteiger partial charge is 0.378 e. The molecule has 1 unspecified atom stereocenters. The summed E-state index contributed by atoms with van der Waals surface area (Å²) >= 11 is 0. The lowest BCUT2D eigenvalue weighted by atomic mass is 9.86. The first-order chi connectivity index (χ1) is 14.8. The van der Waals surface area contributed by atoms with Gasteiger partial charge >= 0.3 is 0 Å². The molecule has 1 atom stereocenters. The third kappa shape index (κ3) is 6.26. The van der Waals surface area contributed by atoms with Crippen LogP contribution in [0.1, 0.15) is 28.4 Å². The van der Waals surface area contributed by atoms with E-state index in [2.05, 4.69) is 9.97 Å². The number of nitrogens with zero attached hydrogens (tertiary/aromatic N) is 2. The van der Waals surface area contributed by atoms with Crippen LogP contribution >= 0.6 is 0 Å². The molecule has 0 amide bonds. The van der Waals surface area contributed by atoms with E-state index >= 15 is 0 Å². The van der Waals surface area contributed by atoms with E-state index in [0.717, 1.165) is 11.8 Å². The Hall–Kier alpha value is -2.97. The van der Waals surface area contributed by atoms with Gasteiger partial charge in [0, 0.05) is 25.5 Å². The Morgan fingerprint density at radius 2 is 1.61 bits per heavy atom. The quantitative estimate of drug-likeness (QED) is 0.505. The van der Waals surface area contributed by atoms with Crippen LogP contribution in [0.3, 0.4) is 0 Å². The van der Waals surface area contributed by atoms with E-state index in [-0.39, 0.29) is 22.9 Å². The van der Waals surface area contributed by atoms with Crippen LogP contribution in [-0.4, -0.2) is 37.5 Å². The average Bonchev–Trinajstić information content (AvgIpc) is 2.74. The molecule has 3 rings (SSSR count).